The van der Waals surface area contributed by atoms with Gasteiger partial charge in [-0.2, -0.15) is 0 Å². The van der Waals surface area contributed by atoms with Gasteiger partial charge in [0.15, 0.2) is 20.8 Å². The fourth-order valence-electron chi connectivity index (χ4n) is 3.14. The molecule has 9 heteroatoms. The van der Waals surface area contributed by atoms with E-state index in [1.165, 1.54) is 18.3 Å². The average Bonchev–Trinajstić information content (AvgIpc) is 3.30. The molecule has 1 heterocycles. The van der Waals surface area contributed by atoms with E-state index in [0.717, 1.165) is 11.8 Å². The third kappa shape index (κ3) is 6.61. The van der Waals surface area contributed by atoms with Crippen molar-refractivity contribution in [3.05, 3.63) is 72.1 Å². The molecule has 0 spiro atoms. The Bertz CT molecular complexity index is 1260. The van der Waals surface area contributed by atoms with Gasteiger partial charge in [-0.1, -0.05) is 18.2 Å². The molecule has 34 heavy (non-hydrogen) atoms. The summed E-state index contributed by atoms with van der Waals surface area (Å²) >= 11 is 1.34. The fraction of sp³-hybridized carbons (Fsp3) is 0.240. The molecule has 0 aliphatic rings. The number of ether oxygens (including phenoxy) is 1. The second-order valence-corrected chi connectivity index (χ2v) is 10.5. The van der Waals surface area contributed by atoms with E-state index in [0.29, 0.717) is 41.7 Å². The number of sulfone groups is 1. The summed E-state index contributed by atoms with van der Waals surface area (Å²) in [7, 11) is -3.27. The molecule has 0 aliphatic carbocycles. The van der Waals surface area contributed by atoms with E-state index in [1.54, 1.807) is 59.5 Å². The molecule has 0 bridgehead atoms. The second kappa shape index (κ2) is 11.2. The van der Waals surface area contributed by atoms with Crippen molar-refractivity contribution in [2.45, 2.75) is 24.7 Å². The lowest BCUT2D eigenvalue weighted by atomic mass is 10.1. The van der Waals surface area contributed by atoms with Gasteiger partial charge in [0.25, 0.3) is 0 Å². The molecular formula is C25H26N2O5S2. The van der Waals surface area contributed by atoms with Crippen LogP contribution in [0.25, 0.3) is 11.3 Å². The summed E-state index contributed by atoms with van der Waals surface area (Å²) in [6, 6.07) is 13.4. The number of Topliss-reactive ketones (excluding diaryl/α,β-unsaturated/α-hetero) is 1. The van der Waals surface area contributed by atoms with Gasteiger partial charge in [0.1, 0.15) is 5.75 Å². The Morgan fingerprint density at radius 3 is 2.38 bits per heavy atom. The molecule has 0 aliphatic heterocycles. The van der Waals surface area contributed by atoms with Crippen molar-refractivity contribution >= 4 is 38.0 Å². The summed E-state index contributed by atoms with van der Waals surface area (Å²) in [6.45, 7) is 5.94. The van der Waals surface area contributed by atoms with Gasteiger partial charge in [0.05, 0.1) is 17.2 Å². The van der Waals surface area contributed by atoms with Crippen LogP contribution in [0.1, 0.15) is 30.1 Å². The molecule has 0 saturated heterocycles. The molecule has 3 rings (SSSR count). The van der Waals surface area contributed by atoms with Crippen molar-refractivity contribution in [2.75, 3.05) is 24.3 Å². The Labute approximate surface area is 203 Å². The molecule has 0 N–H and O–H groups in total. The van der Waals surface area contributed by atoms with Gasteiger partial charge in [0.2, 0.25) is 5.91 Å². The minimum absolute atomic E-state index is 0.00396. The van der Waals surface area contributed by atoms with Crippen molar-refractivity contribution in [3.63, 3.8) is 0 Å². The molecule has 0 radical (unpaired) electrons. The summed E-state index contributed by atoms with van der Waals surface area (Å²) in [4.78, 5) is 30.6. The standard InChI is InChI=1S/C25H26N2O5S2/c1-4-15-27(24(29)6-5-16-32-21-11-7-19(8-12-21)18(2)28)25-26-23(17-33-25)20-9-13-22(14-10-20)34(3,30)31/h4,7-14,17H,1,5-6,15-16H2,2-3H3. The Hall–Kier alpha value is -3.30. The Balaban J connectivity index is 1.59. The van der Waals surface area contributed by atoms with Crippen molar-refractivity contribution in [1.82, 2.24) is 4.98 Å². The first-order chi connectivity index (χ1) is 16.2. The highest BCUT2D eigenvalue weighted by Crippen LogP contribution is 2.29. The van der Waals surface area contributed by atoms with Gasteiger partial charge < -0.3 is 4.74 Å². The molecule has 2 aromatic carbocycles. The lowest BCUT2D eigenvalue weighted by molar-refractivity contribution is -0.118. The van der Waals surface area contributed by atoms with E-state index in [1.807, 2.05) is 5.38 Å². The number of amides is 1. The Morgan fingerprint density at radius 2 is 1.79 bits per heavy atom. The SMILES string of the molecule is C=CCN(C(=O)CCCOc1ccc(C(C)=O)cc1)c1nc(-c2ccc(S(C)(=O)=O)cc2)cs1. The normalized spacial score (nSPS) is 11.1. The lowest BCUT2D eigenvalue weighted by Crippen LogP contribution is -2.31. The highest BCUT2D eigenvalue weighted by Gasteiger charge is 2.18. The summed E-state index contributed by atoms with van der Waals surface area (Å²) in [6.07, 6.45) is 3.60. The number of rotatable bonds is 11. The van der Waals surface area contributed by atoms with Gasteiger partial charge in [0, 0.05) is 35.7 Å². The number of carbonyl (C=O) groups is 2. The topological polar surface area (TPSA) is 93.6 Å². The number of hydrogen-bond donors (Lipinski definition) is 0. The number of aromatic nitrogens is 1. The maximum atomic E-state index is 12.9. The molecule has 1 aromatic heterocycles. The molecule has 0 unspecified atom stereocenters. The van der Waals surface area contributed by atoms with Crippen LogP contribution in [-0.4, -0.2) is 44.5 Å². The highest BCUT2D eigenvalue weighted by molar-refractivity contribution is 7.90. The largest absolute Gasteiger partial charge is 0.494 e. The van der Waals surface area contributed by atoms with Crippen LogP contribution in [0.2, 0.25) is 0 Å². The maximum Gasteiger partial charge on any atom is 0.229 e. The van der Waals surface area contributed by atoms with Crippen LogP contribution in [0.15, 0.2) is 71.5 Å². The number of benzene rings is 2. The number of nitrogens with zero attached hydrogens (tertiary/aromatic N) is 2. The number of thiazole rings is 1. The minimum atomic E-state index is -3.27. The number of carbonyl (C=O) groups excluding carboxylic acids is 2. The number of ketones is 1. The quantitative estimate of drug-likeness (QED) is 0.214. The predicted molar refractivity (Wildman–Crippen MR) is 134 cm³/mol. The lowest BCUT2D eigenvalue weighted by Gasteiger charge is -2.18. The number of hydrogen-bond acceptors (Lipinski definition) is 7. The van der Waals surface area contributed by atoms with Crippen molar-refractivity contribution in [3.8, 4) is 17.0 Å². The molecule has 1 amide bonds. The zero-order chi connectivity index (χ0) is 24.7. The Morgan fingerprint density at radius 1 is 1.12 bits per heavy atom. The van der Waals surface area contributed by atoms with Gasteiger partial charge in [-0.15, -0.1) is 17.9 Å². The van der Waals surface area contributed by atoms with E-state index < -0.39 is 9.84 Å². The minimum Gasteiger partial charge on any atom is -0.494 e. The highest BCUT2D eigenvalue weighted by atomic mass is 32.2. The van der Waals surface area contributed by atoms with Crippen molar-refractivity contribution in [1.29, 1.82) is 0 Å². The molecular weight excluding hydrogens is 472 g/mol. The average molecular weight is 499 g/mol. The van der Waals surface area contributed by atoms with Crippen LogP contribution in [0.3, 0.4) is 0 Å². The predicted octanol–water partition coefficient (Wildman–Crippen LogP) is 4.79. The smallest absolute Gasteiger partial charge is 0.229 e. The van der Waals surface area contributed by atoms with Crippen LogP contribution in [-0.2, 0) is 14.6 Å². The van der Waals surface area contributed by atoms with Gasteiger partial charge >= 0.3 is 0 Å². The first-order valence-corrected chi connectivity index (χ1v) is 13.4. The van der Waals surface area contributed by atoms with Gasteiger partial charge in [-0.25, -0.2) is 13.4 Å². The first kappa shape index (κ1) is 25.3. The van der Waals surface area contributed by atoms with Crippen LogP contribution in [0.4, 0.5) is 5.13 Å². The van der Waals surface area contributed by atoms with Crippen molar-refractivity contribution < 1.29 is 22.7 Å². The summed E-state index contributed by atoms with van der Waals surface area (Å²) < 4.78 is 29.0. The van der Waals surface area contributed by atoms with Gasteiger partial charge in [-0.3, -0.25) is 14.5 Å². The summed E-state index contributed by atoms with van der Waals surface area (Å²) in [5, 5.41) is 2.38. The zero-order valence-corrected chi connectivity index (χ0v) is 20.7. The zero-order valence-electron chi connectivity index (χ0n) is 19.1. The molecule has 0 fully saturated rings. The Kier molecular flexibility index (Phi) is 8.36. The third-order valence-corrected chi connectivity index (χ3v) is 6.97. The summed E-state index contributed by atoms with van der Waals surface area (Å²) in [5.74, 6) is 0.548. The van der Waals surface area contributed by atoms with E-state index in [9.17, 15) is 18.0 Å². The molecule has 0 saturated carbocycles. The number of anilines is 1. The fourth-order valence-corrected chi connectivity index (χ4v) is 4.63. The van der Waals surface area contributed by atoms with E-state index in [2.05, 4.69) is 11.6 Å². The molecule has 0 atom stereocenters. The van der Waals surface area contributed by atoms with Crippen molar-refractivity contribution in [2.24, 2.45) is 0 Å². The van der Waals surface area contributed by atoms with Crippen LogP contribution >= 0.6 is 11.3 Å². The summed E-state index contributed by atoms with van der Waals surface area (Å²) in [5.41, 5.74) is 2.06. The van der Waals surface area contributed by atoms with Crippen LogP contribution in [0.5, 0.6) is 5.75 Å². The molecule has 7 nitrogen and oxygen atoms in total. The maximum absolute atomic E-state index is 12.9. The first-order valence-electron chi connectivity index (χ1n) is 10.6. The van der Waals surface area contributed by atoms with Crippen LogP contribution in [0, 0.1) is 0 Å². The second-order valence-electron chi connectivity index (χ2n) is 7.64. The van der Waals surface area contributed by atoms with E-state index in [-0.39, 0.29) is 23.0 Å². The van der Waals surface area contributed by atoms with Gasteiger partial charge in [-0.05, 0) is 49.7 Å². The van der Waals surface area contributed by atoms with E-state index >= 15 is 0 Å². The molecule has 178 valence electrons. The van der Waals surface area contributed by atoms with E-state index in [4.69, 9.17) is 4.74 Å². The monoisotopic (exact) mass is 498 g/mol. The molecule has 3 aromatic rings. The third-order valence-electron chi connectivity index (χ3n) is 4.98. The van der Waals surface area contributed by atoms with Crippen LogP contribution < -0.4 is 9.64 Å².